The molecule has 1 unspecified atom stereocenters. The third-order valence-corrected chi connectivity index (χ3v) is 6.47. The zero-order chi connectivity index (χ0) is 29.6. The second-order valence-corrected chi connectivity index (χ2v) is 10.7. The number of hydrogen-bond donors (Lipinski definition) is 3. The molecule has 9 heteroatoms. The maximum absolute atomic E-state index is 14.1. The molecule has 3 N–H and O–H groups in total. The molecule has 1 heterocycles. The Hall–Kier alpha value is -4.79. The van der Waals surface area contributed by atoms with Crippen molar-refractivity contribution in [3.63, 3.8) is 0 Å². The number of rotatable bonds is 10. The average molecular weight is 557 g/mol. The third kappa shape index (κ3) is 7.45. The molecule has 0 saturated heterocycles. The van der Waals surface area contributed by atoms with Crippen LogP contribution in [0.25, 0.3) is 10.9 Å². The molecule has 0 aliphatic carbocycles. The Balaban J connectivity index is 1.69. The van der Waals surface area contributed by atoms with Gasteiger partial charge in [-0.2, -0.15) is 0 Å². The van der Waals surface area contributed by atoms with Crippen LogP contribution < -0.4 is 20.1 Å². The number of nitrogens with one attached hydrogen (secondary N) is 3. The van der Waals surface area contributed by atoms with E-state index < -0.39 is 29.3 Å². The molecule has 0 saturated carbocycles. The minimum Gasteiger partial charge on any atom is -0.497 e. The van der Waals surface area contributed by atoms with Crippen LogP contribution in [0.1, 0.15) is 48.4 Å². The lowest BCUT2D eigenvalue weighted by Crippen LogP contribution is -2.51. The number of fused-ring (bicyclic) bond motifs is 1. The predicted molar refractivity (Wildman–Crippen MR) is 158 cm³/mol. The molecule has 4 aromatic rings. The summed E-state index contributed by atoms with van der Waals surface area (Å²) < 4.78 is 10.5. The second kappa shape index (κ2) is 12.6. The van der Waals surface area contributed by atoms with E-state index in [9.17, 15) is 14.4 Å². The second-order valence-electron chi connectivity index (χ2n) is 10.7. The Morgan fingerprint density at radius 2 is 1.49 bits per heavy atom. The van der Waals surface area contributed by atoms with Crippen molar-refractivity contribution in [1.82, 2.24) is 20.5 Å². The number of ether oxygens (including phenoxy) is 2. The van der Waals surface area contributed by atoms with Gasteiger partial charge in [0.1, 0.15) is 29.8 Å². The minimum atomic E-state index is -1.09. The zero-order valence-electron chi connectivity index (χ0n) is 24.0. The number of H-pyrrole nitrogens is 1. The zero-order valence-corrected chi connectivity index (χ0v) is 24.0. The molecule has 0 fully saturated rings. The van der Waals surface area contributed by atoms with Crippen LogP contribution in [0.15, 0.2) is 78.9 Å². The van der Waals surface area contributed by atoms with Gasteiger partial charge in [-0.05, 0) is 68.3 Å². The van der Waals surface area contributed by atoms with Crippen LogP contribution in [0.4, 0.5) is 0 Å². The largest absolute Gasteiger partial charge is 0.497 e. The first-order chi connectivity index (χ1) is 19.6. The number of aromatic amines is 1. The van der Waals surface area contributed by atoms with E-state index in [0.717, 1.165) is 16.5 Å². The Labute approximate surface area is 239 Å². The average Bonchev–Trinajstić information content (AvgIpc) is 3.39. The number of carbonyl (C=O) groups excluding carboxylic acids is 3. The fourth-order valence-corrected chi connectivity index (χ4v) is 4.48. The van der Waals surface area contributed by atoms with Gasteiger partial charge in [-0.15, -0.1) is 0 Å². The summed E-state index contributed by atoms with van der Waals surface area (Å²) in [5, 5.41) is 6.71. The lowest BCUT2D eigenvalue weighted by atomic mass is 10.0. The molecule has 0 spiro atoms. The number of benzene rings is 3. The first-order valence-corrected chi connectivity index (χ1v) is 13.3. The van der Waals surface area contributed by atoms with Crippen molar-refractivity contribution in [2.45, 2.75) is 38.9 Å². The number of methoxy groups -OCH3 is 2. The summed E-state index contributed by atoms with van der Waals surface area (Å²) in [5.74, 6) is 0.0185. The van der Waals surface area contributed by atoms with Gasteiger partial charge in [-0.3, -0.25) is 14.4 Å². The van der Waals surface area contributed by atoms with Gasteiger partial charge >= 0.3 is 0 Å². The summed E-state index contributed by atoms with van der Waals surface area (Å²) in [5.41, 5.74) is 1.88. The highest BCUT2D eigenvalue weighted by Gasteiger charge is 2.35. The Morgan fingerprint density at radius 1 is 0.878 bits per heavy atom. The molecule has 0 aliphatic heterocycles. The van der Waals surface area contributed by atoms with Crippen molar-refractivity contribution in [2.75, 3.05) is 20.8 Å². The van der Waals surface area contributed by atoms with E-state index in [0.29, 0.717) is 17.1 Å². The van der Waals surface area contributed by atoms with Crippen LogP contribution in [0.2, 0.25) is 0 Å². The van der Waals surface area contributed by atoms with E-state index >= 15 is 0 Å². The SMILES string of the molecule is COc1ccc(CNC(=O)CN(C(=O)c2cc3ccccc3[nH]2)C(C(=O)NC(C)(C)C)c2ccc(OC)cc2)cc1. The first kappa shape index (κ1) is 29.2. The molecule has 1 aromatic heterocycles. The highest BCUT2D eigenvalue weighted by molar-refractivity contribution is 6.02. The Bertz CT molecular complexity index is 1470. The number of para-hydroxylation sites is 1. The highest BCUT2D eigenvalue weighted by Crippen LogP contribution is 2.27. The monoisotopic (exact) mass is 556 g/mol. The molecule has 0 bridgehead atoms. The topological polar surface area (TPSA) is 113 Å². The van der Waals surface area contributed by atoms with Crippen molar-refractivity contribution in [1.29, 1.82) is 0 Å². The van der Waals surface area contributed by atoms with Crippen LogP contribution in [-0.4, -0.2) is 53.9 Å². The van der Waals surface area contributed by atoms with Crippen LogP contribution in [0, 0.1) is 0 Å². The molecular formula is C32H36N4O5. The molecule has 214 valence electrons. The molecule has 4 rings (SSSR count). The summed E-state index contributed by atoms with van der Waals surface area (Å²) in [6, 6.07) is 22.4. The summed E-state index contributed by atoms with van der Waals surface area (Å²) in [7, 11) is 3.14. The minimum absolute atomic E-state index is 0.249. The lowest BCUT2D eigenvalue weighted by Gasteiger charge is -2.33. The first-order valence-electron chi connectivity index (χ1n) is 13.3. The normalized spacial score (nSPS) is 11.9. The summed E-state index contributed by atoms with van der Waals surface area (Å²) >= 11 is 0. The van der Waals surface area contributed by atoms with Crippen LogP contribution in [0.5, 0.6) is 11.5 Å². The van der Waals surface area contributed by atoms with Crippen LogP contribution in [0.3, 0.4) is 0 Å². The smallest absolute Gasteiger partial charge is 0.271 e. The number of carbonyl (C=O) groups is 3. The van der Waals surface area contributed by atoms with Crippen molar-refractivity contribution in [2.24, 2.45) is 0 Å². The molecule has 0 aliphatic rings. The Kier molecular flexibility index (Phi) is 8.97. The highest BCUT2D eigenvalue weighted by atomic mass is 16.5. The van der Waals surface area contributed by atoms with Gasteiger partial charge in [0.05, 0.1) is 14.2 Å². The molecule has 1 atom stereocenters. The summed E-state index contributed by atoms with van der Waals surface area (Å²) in [4.78, 5) is 45.6. The number of hydrogen-bond acceptors (Lipinski definition) is 5. The van der Waals surface area contributed by atoms with Crippen molar-refractivity contribution < 1.29 is 23.9 Å². The van der Waals surface area contributed by atoms with E-state index in [1.165, 1.54) is 4.90 Å². The van der Waals surface area contributed by atoms with E-state index in [-0.39, 0.29) is 18.8 Å². The predicted octanol–water partition coefficient (Wildman–Crippen LogP) is 4.60. The van der Waals surface area contributed by atoms with Gasteiger partial charge < -0.3 is 30.0 Å². The summed E-state index contributed by atoms with van der Waals surface area (Å²) in [6.07, 6.45) is 0. The van der Waals surface area contributed by atoms with Gasteiger partial charge in [0.25, 0.3) is 5.91 Å². The molecule has 9 nitrogen and oxygen atoms in total. The third-order valence-electron chi connectivity index (χ3n) is 6.47. The fraction of sp³-hybridized carbons (Fsp3) is 0.281. The number of nitrogens with zero attached hydrogens (tertiary/aromatic N) is 1. The van der Waals surface area contributed by atoms with Gasteiger partial charge in [0, 0.05) is 23.0 Å². The van der Waals surface area contributed by atoms with Crippen LogP contribution >= 0.6 is 0 Å². The maximum Gasteiger partial charge on any atom is 0.271 e. The van der Waals surface area contributed by atoms with E-state index in [2.05, 4.69) is 15.6 Å². The van der Waals surface area contributed by atoms with Crippen molar-refractivity contribution >= 4 is 28.6 Å². The maximum atomic E-state index is 14.1. The van der Waals surface area contributed by atoms with Gasteiger partial charge in [0.2, 0.25) is 11.8 Å². The van der Waals surface area contributed by atoms with Gasteiger partial charge in [0.15, 0.2) is 0 Å². The summed E-state index contributed by atoms with van der Waals surface area (Å²) in [6.45, 7) is 5.49. The van der Waals surface area contributed by atoms with E-state index in [4.69, 9.17) is 9.47 Å². The molecular weight excluding hydrogens is 520 g/mol. The molecule has 0 radical (unpaired) electrons. The van der Waals surface area contributed by atoms with E-state index in [1.807, 2.05) is 69.3 Å². The fourth-order valence-electron chi connectivity index (χ4n) is 4.48. The van der Waals surface area contributed by atoms with Gasteiger partial charge in [-0.25, -0.2) is 0 Å². The van der Waals surface area contributed by atoms with Gasteiger partial charge in [-0.1, -0.05) is 42.5 Å². The molecule has 3 amide bonds. The standard InChI is InChI=1S/C32H36N4O5/c1-32(2,3)35-30(38)29(22-12-16-25(41-5)17-13-22)36(31(39)27-18-23-8-6-7-9-26(23)34-27)20-28(37)33-19-21-10-14-24(40-4)15-11-21/h6-18,29,34H,19-20H2,1-5H3,(H,33,37)(H,35,38). The van der Waals surface area contributed by atoms with E-state index in [1.54, 1.807) is 44.6 Å². The van der Waals surface area contributed by atoms with Crippen molar-refractivity contribution in [3.05, 3.63) is 95.7 Å². The number of amides is 3. The van der Waals surface area contributed by atoms with Crippen molar-refractivity contribution in [3.8, 4) is 11.5 Å². The molecule has 41 heavy (non-hydrogen) atoms. The van der Waals surface area contributed by atoms with Crippen LogP contribution in [-0.2, 0) is 16.1 Å². The Morgan fingerprint density at radius 3 is 2.07 bits per heavy atom. The quantitative estimate of drug-likeness (QED) is 0.264. The number of aromatic nitrogens is 1. The molecule has 3 aromatic carbocycles. The lowest BCUT2D eigenvalue weighted by molar-refractivity contribution is -0.129.